The van der Waals surface area contributed by atoms with Crippen molar-refractivity contribution in [2.45, 2.75) is 26.3 Å². The summed E-state index contributed by atoms with van der Waals surface area (Å²) < 4.78 is 0. The fourth-order valence-corrected chi connectivity index (χ4v) is 3.00. The Morgan fingerprint density at radius 1 is 1.15 bits per heavy atom. The number of aliphatic imine (C=N–C) groups is 2. The monoisotopic (exact) mass is 369 g/mol. The van der Waals surface area contributed by atoms with Crippen molar-refractivity contribution in [2.24, 2.45) is 15.9 Å². The fourth-order valence-electron chi connectivity index (χ4n) is 2.87. The molecule has 2 aliphatic rings. The van der Waals surface area contributed by atoms with E-state index in [9.17, 15) is 9.59 Å². The predicted octanol–water partition coefficient (Wildman–Crippen LogP) is 3.59. The third-order valence-electron chi connectivity index (χ3n) is 4.20. The average Bonchev–Trinajstić information content (AvgIpc) is 2.63. The van der Waals surface area contributed by atoms with Gasteiger partial charge >= 0.3 is 0 Å². The first kappa shape index (κ1) is 18.3. The van der Waals surface area contributed by atoms with Gasteiger partial charge < -0.3 is 4.90 Å². The molecule has 1 unspecified atom stereocenters. The van der Waals surface area contributed by atoms with Crippen molar-refractivity contribution in [1.29, 1.82) is 0 Å². The average molecular weight is 370 g/mol. The molecule has 1 aliphatic carbocycles. The number of benzene rings is 1. The van der Waals surface area contributed by atoms with Crippen LogP contribution in [0.5, 0.6) is 0 Å². The van der Waals surface area contributed by atoms with Gasteiger partial charge in [0.15, 0.2) is 5.84 Å². The van der Waals surface area contributed by atoms with E-state index >= 15 is 0 Å². The van der Waals surface area contributed by atoms with Crippen LogP contribution < -0.4 is 0 Å². The molecule has 0 saturated carbocycles. The Morgan fingerprint density at radius 2 is 1.92 bits per heavy atom. The van der Waals surface area contributed by atoms with Crippen LogP contribution in [0.15, 0.2) is 58.6 Å². The smallest absolute Gasteiger partial charge is 0.260 e. The van der Waals surface area contributed by atoms with E-state index in [0.717, 1.165) is 12.0 Å². The van der Waals surface area contributed by atoms with Crippen molar-refractivity contribution < 1.29 is 9.59 Å². The van der Waals surface area contributed by atoms with Gasteiger partial charge in [-0.25, -0.2) is 4.99 Å². The van der Waals surface area contributed by atoms with Crippen molar-refractivity contribution in [3.05, 3.63) is 59.2 Å². The molecular weight excluding hydrogens is 350 g/mol. The summed E-state index contributed by atoms with van der Waals surface area (Å²) in [6, 6.07) is 7.37. The molecule has 5 nitrogen and oxygen atoms in total. The lowest BCUT2D eigenvalue weighted by atomic mass is 9.96. The highest BCUT2D eigenvalue weighted by molar-refractivity contribution is 6.30. The molecule has 1 aromatic rings. The van der Waals surface area contributed by atoms with Gasteiger partial charge in [-0.05, 0) is 30.2 Å². The van der Waals surface area contributed by atoms with Crippen molar-refractivity contribution in [3.8, 4) is 0 Å². The van der Waals surface area contributed by atoms with E-state index in [-0.39, 0.29) is 18.4 Å². The van der Waals surface area contributed by atoms with Crippen molar-refractivity contribution >= 4 is 35.0 Å². The van der Waals surface area contributed by atoms with E-state index < -0.39 is 5.92 Å². The number of rotatable bonds is 6. The van der Waals surface area contributed by atoms with Gasteiger partial charge in [0.05, 0.1) is 12.3 Å². The zero-order chi connectivity index (χ0) is 18.5. The highest BCUT2D eigenvalue weighted by Crippen LogP contribution is 2.18. The summed E-state index contributed by atoms with van der Waals surface area (Å²) in [5.41, 5.74) is 1.64. The Kier molecular flexibility index (Phi) is 5.78. The van der Waals surface area contributed by atoms with Crippen LogP contribution in [0.25, 0.3) is 0 Å². The number of nitrogens with zero attached hydrogens (tertiary/aromatic N) is 3. The molecule has 0 saturated heterocycles. The van der Waals surface area contributed by atoms with Gasteiger partial charge in [0, 0.05) is 18.0 Å². The molecule has 0 radical (unpaired) electrons. The van der Waals surface area contributed by atoms with Crippen LogP contribution in [0.2, 0.25) is 5.02 Å². The van der Waals surface area contributed by atoms with E-state index in [1.54, 1.807) is 23.1 Å². The number of carbonyl (C=O) groups is 2. The molecule has 0 spiro atoms. The standard InChI is InChI=1S/C20H20ClN3O2/c1-2-5-19(25)24(12-14-8-10-15(21)11-9-14)13-18-22-17-7-4-3-6-16(17)20(26)23-18/h3-4,6-11,16H,2,5,12-13H2,1H3. The van der Waals surface area contributed by atoms with Gasteiger partial charge in [-0.2, -0.15) is 4.99 Å². The summed E-state index contributed by atoms with van der Waals surface area (Å²) in [5.74, 6) is -0.251. The Labute approximate surface area is 157 Å². The molecule has 6 heteroatoms. The highest BCUT2D eigenvalue weighted by Gasteiger charge is 2.27. The minimum atomic E-state index is -0.403. The molecule has 0 fully saturated rings. The number of halogens is 1. The Hall–Kier alpha value is -2.53. The summed E-state index contributed by atoms with van der Waals surface area (Å²) in [4.78, 5) is 35.0. The second-order valence-electron chi connectivity index (χ2n) is 6.25. The molecule has 1 heterocycles. The number of amides is 2. The molecule has 0 aromatic heterocycles. The molecule has 1 atom stereocenters. The van der Waals surface area contributed by atoms with Crippen molar-refractivity contribution in [1.82, 2.24) is 4.90 Å². The van der Waals surface area contributed by atoms with E-state index in [2.05, 4.69) is 9.98 Å². The molecule has 26 heavy (non-hydrogen) atoms. The molecule has 2 amide bonds. The largest absolute Gasteiger partial charge is 0.331 e. The molecule has 134 valence electrons. The van der Waals surface area contributed by atoms with Crippen LogP contribution in [0.3, 0.4) is 0 Å². The molecule has 0 bridgehead atoms. The first-order valence-corrected chi connectivity index (χ1v) is 9.01. The molecule has 0 N–H and O–H groups in total. The maximum absolute atomic E-state index is 12.5. The van der Waals surface area contributed by atoms with Crippen LogP contribution >= 0.6 is 11.6 Å². The van der Waals surface area contributed by atoms with Gasteiger partial charge in [0.1, 0.15) is 5.92 Å². The summed E-state index contributed by atoms with van der Waals surface area (Å²) in [6.45, 7) is 2.60. The summed E-state index contributed by atoms with van der Waals surface area (Å²) in [7, 11) is 0. The van der Waals surface area contributed by atoms with E-state index in [0.29, 0.717) is 29.5 Å². The van der Waals surface area contributed by atoms with Crippen LogP contribution in [-0.2, 0) is 16.1 Å². The van der Waals surface area contributed by atoms with Crippen molar-refractivity contribution in [2.75, 3.05) is 6.54 Å². The van der Waals surface area contributed by atoms with Crippen LogP contribution in [-0.4, -0.2) is 34.8 Å². The minimum Gasteiger partial charge on any atom is -0.331 e. The highest BCUT2D eigenvalue weighted by atomic mass is 35.5. The quantitative estimate of drug-likeness (QED) is 0.769. The second kappa shape index (κ2) is 8.23. The zero-order valence-electron chi connectivity index (χ0n) is 14.6. The van der Waals surface area contributed by atoms with E-state index in [1.807, 2.05) is 37.3 Å². The summed E-state index contributed by atoms with van der Waals surface area (Å²) in [5, 5.41) is 0.650. The van der Waals surface area contributed by atoms with Gasteiger partial charge in [0.25, 0.3) is 5.91 Å². The number of hydrogen-bond donors (Lipinski definition) is 0. The third-order valence-corrected chi connectivity index (χ3v) is 4.45. The summed E-state index contributed by atoms with van der Waals surface area (Å²) >= 11 is 5.93. The summed E-state index contributed by atoms with van der Waals surface area (Å²) in [6.07, 6.45) is 8.46. The number of hydrogen-bond acceptors (Lipinski definition) is 3. The molecule has 1 aromatic carbocycles. The van der Waals surface area contributed by atoms with E-state index in [4.69, 9.17) is 11.6 Å². The predicted molar refractivity (Wildman–Crippen MR) is 103 cm³/mol. The van der Waals surface area contributed by atoms with Gasteiger partial charge in [0.2, 0.25) is 5.91 Å². The number of amidine groups is 1. The van der Waals surface area contributed by atoms with Gasteiger partial charge in [-0.3, -0.25) is 9.59 Å². The number of carbonyl (C=O) groups excluding carboxylic acids is 2. The molecule has 3 rings (SSSR count). The fraction of sp³-hybridized carbons (Fsp3) is 0.300. The first-order valence-electron chi connectivity index (χ1n) is 8.64. The normalized spacial score (nSPS) is 18.2. The molecular formula is C20H20ClN3O2. The third kappa shape index (κ3) is 4.35. The lowest BCUT2D eigenvalue weighted by molar-refractivity contribution is -0.131. The van der Waals surface area contributed by atoms with Crippen molar-refractivity contribution in [3.63, 3.8) is 0 Å². The number of allylic oxidation sites excluding steroid dienone is 3. The lowest BCUT2D eigenvalue weighted by Gasteiger charge is -2.25. The Balaban J connectivity index is 1.79. The Bertz CT molecular complexity index is 822. The second-order valence-corrected chi connectivity index (χ2v) is 6.69. The van der Waals surface area contributed by atoms with Gasteiger partial charge in [-0.15, -0.1) is 0 Å². The van der Waals surface area contributed by atoms with Gasteiger partial charge in [-0.1, -0.05) is 48.9 Å². The minimum absolute atomic E-state index is 0.0130. The first-order chi connectivity index (χ1) is 12.6. The zero-order valence-corrected chi connectivity index (χ0v) is 15.3. The van der Waals surface area contributed by atoms with Crippen LogP contribution in [0.1, 0.15) is 25.3 Å². The van der Waals surface area contributed by atoms with E-state index in [1.165, 1.54) is 0 Å². The Morgan fingerprint density at radius 3 is 2.65 bits per heavy atom. The maximum atomic E-state index is 12.5. The lowest BCUT2D eigenvalue weighted by Crippen LogP contribution is -2.37. The topological polar surface area (TPSA) is 62.1 Å². The maximum Gasteiger partial charge on any atom is 0.260 e. The number of fused-ring (bicyclic) bond motifs is 1. The van der Waals surface area contributed by atoms with Crippen LogP contribution in [0, 0.1) is 5.92 Å². The SMILES string of the molecule is CCCC(=O)N(CC1=NC(=O)C2C=CC=CC2=N1)Cc1ccc(Cl)cc1. The van der Waals surface area contributed by atoms with Crippen LogP contribution in [0.4, 0.5) is 0 Å². The molecule has 1 aliphatic heterocycles.